The van der Waals surface area contributed by atoms with Gasteiger partial charge in [0, 0.05) is 6.04 Å². The maximum atomic E-state index is 13.0. The van der Waals surface area contributed by atoms with E-state index in [2.05, 4.69) is 5.32 Å². The number of benzene rings is 1. The average molecular weight is 271 g/mol. The number of hydrogen-bond donors (Lipinski definition) is 1. The molecule has 0 amide bonds. The summed E-state index contributed by atoms with van der Waals surface area (Å²) in [6.07, 6.45) is -2.80. The summed E-state index contributed by atoms with van der Waals surface area (Å²) in [7, 11) is 0. The second-order valence-electron chi connectivity index (χ2n) is 5.55. The quantitative estimate of drug-likeness (QED) is 0.863. The smallest absolute Gasteiger partial charge is 0.313 e. The molecule has 0 spiro atoms. The van der Waals surface area contributed by atoms with Crippen molar-refractivity contribution in [2.24, 2.45) is 5.92 Å². The van der Waals surface area contributed by atoms with E-state index in [4.69, 9.17) is 0 Å². The highest BCUT2D eigenvalue weighted by Crippen LogP contribution is 2.35. The van der Waals surface area contributed by atoms with Crippen molar-refractivity contribution in [3.8, 4) is 0 Å². The van der Waals surface area contributed by atoms with Crippen molar-refractivity contribution in [1.82, 2.24) is 5.32 Å². The van der Waals surface area contributed by atoms with Crippen LogP contribution in [0.25, 0.3) is 0 Å². The Morgan fingerprint density at radius 2 is 1.79 bits per heavy atom. The van der Waals surface area contributed by atoms with Crippen LogP contribution in [-0.2, 0) is 6.42 Å². The Morgan fingerprint density at radius 3 is 2.37 bits per heavy atom. The molecule has 1 N–H and O–H groups in total. The molecule has 19 heavy (non-hydrogen) atoms. The number of hydrogen-bond acceptors (Lipinski definition) is 1. The van der Waals surface area contributed by atoms with Gasteiger partial charge in [0.05, 0.1) is 5.92 Å². The molecular formula is C15H20F3N. The van der Waals surface area contributed by atoms with Crippen LogP contribution in [-0.4, -0.2) is 18.8 Å². The van der Waals surface area contributed by atoms with Crippen LogP contribution in [0.3, 0.4) is 0 Å². The second kappa shape index (κ2) is 5.53. The largest absolute Gasteiger partial charge is 0.393 e. The molecule has 1 heterocycles. The minimum Gasteiger partial charge on any atom is -0.313 e. The van der Waals surface area contributed by atoms with Gasteiger partial charge in [-0.25, -0.2) is 0 Å². The van der Waals surface area contributed by atoms with Crippen LogP contribution in [0.5, 0.6) is 0 Å². The van der Waals surface area contributed by atoms with Gasteiger partial charge in [0.15, 0.2) is 0 Å². The van der Waals surface area contributed by atoms with Gasteiger partial charge in [-0.05, 0) is 45.2 Å². The molecule has 0 radical (unpaired) electrons. The summed E-state index contributed by atoms with van der Waals surface area (Å²) < 4.78 is 39.0. The van der Waals surface area contributed by atoms with Crippen LogP contribution in [0, 0.1) is 19.8 Å². The van der Waals surface area contributed by atoms with Gasteiger partial charge in [-0.3, -0.25) is 0 Å². The van der Waals surface area contributed by atoms with Crippen molar-refractivity contribution in [1.29, 1.82) is 0 Å². The van der Waals surface area contributed by atoms with Crippen LogP contribution >= 0.6 is 0 Å². The highest BCUT2D eigenvalue weighted by Gasteiger charge is 2.45. The molecule has 1 aliphatic heterocycles. The molecule has 0 aliphatic carbocycles. The summed E-state index contributed by atoms with van der Waals surface area (Å²) in [5.41, 5.74) is 3.20. The van der Waals surface area contributed by atoms with Crippen LogP contribution in [0.2, 0.25) is 0 Å². The maximum absolute atomic E-state index is 13.0. The van der Waals surface area contributed by atoms with Crippen LogP contribution in [0.15, 0.2) is 18.2 Å². The average Bonchev–Trinajstić information content (AvgIpc) is 2.26. The van der Waals surface area contributed by atoms with Crippen molar-refractivity contribution in [2.75, 3.05) is 6.54 Å². The predicted molar refractivity (Wildman–Crippen MR) is 70.2 cm³/mol. The Kier molecular flexibility index (Phi) is 4.19. The number of rotatable bonds is 2. The lowest BCUT2D eigenvalue weighted by Crippen LogP contribution is -2.48. The van der Waals surface area contributed by atoms with E-state index < -0.39 is 18.1 Å². The molecule has 106 valence electrons. The summed E-state index contributed by atoms with van der Waals surface area (Å²) in [6.45, 7) is 4.64. The van der Waals surface area contributed by atoms with Crippen LogP contribution < -0.4 is 5.32 Å². The molecule has 1 saturated heterocycles. The number of nitrogens with one attached hydrogen (secondary N) is 1. The van der Waals surface area contributed by atoms with Gasteiger partial charge < -0.3 is 5.32 Å². The van der Waals surface area contributed by atoms with E-state index >= 15 is 0 Å². The lowest BCUT2D eigenvalue weighted by atomic mass is 9.86. The molecule has 0 saturated carbocycles. The first-order chi connectivity index (χ1) is 8.86. The zero-order valence-corrected chi connectivity index (χ0v) is 11.3. The molecule has 0 aromatic heterocycles. The fraction of sp³-hybridized carbons (Fsp3) is 0.600. The Morgan fingerprint density at radius 1 is 1.16 bits per heavy atom. The lowest BCUT2D eigenvalue weighted by Gasteiger charge is -2.34. The Bertz CT molecular complexity index is 419. The number of piperidine rings is 1. The SMILES string of the molecule is Cc1cc(C)cc(CC2NCCCC2C(F)(F)F)c1. The summed E-state index contributed by atoms with van der Waals surface area (Å²) >= 11 is 0. The van der Waals surface area contributed by atoms with Crippen molar-refractivity contribution < 1.29 is 13.2 Å². The normalized spacial score (nSPS) is 24.5. The molecule has 4 heteroatoms. The first-order valence-electron chi connectivity index (χ1n) is 6.73. The third-order valence-corrected chi connectivity index (χ3v) is 3.74. The molecule has 1 nitrogen and oxygen atoms in total. The summed E-state index contributed by atoms with van der Waals surface area (Å²) in [6, 6.07) is 5.52. The molecule has 1 aliphatic rings. The molecule has 1 fully saturated rings. The topological polar surface area (TPSA) is 12.0 Å². The fourth-order valence-electron chi connectivity index (χ4n) is 3.00. The van der Waals surface area contributed by atoms with Gasteiger partial charge in [-0.1, -0.05) is 29.3 Å². The molecule has 2 rings (SSSR count). The second-order valence-corrected chi connectivity index (χ2v) is 5.55. The van der Waals surface area contributed by atoms with E-state index in [0.717, 1.165) is 16.7 Å². The van der Waals surface area contributed by atoms with E-state index in [9.17, 15) is 13.2 Å². The Hall–Kier alpha value is -1.03. The van der Waals surface area contributed by atoms with Gasteiger partial charge in [-0.15, -0.1) is 0 Å². The minimum atomic E-state index is -4.10. The lowest BCUT2D eigenvalue weighted by molar-refractivity contribution is -0.188. The zero-order valence-electron chi connectivity index (χ0n) is 11.3. The van der Waals surface area contributed by atoms with Crippen LogP contribution in [0.1, 0.15) is 29.5 Å². The van der Waals surface area contributed by atoms with Crippen molar-refractivity contribution in [3.63, 3.8) is 0 Å². The number of halogens is 3. The molecule has 2 atom stereocenters. The summed E-state index contributed by atoms with van der Waals surface area (Å²) in [5, 5.41) is 3.04. The van der Waals surface area contributed by atoms with Crippen molar-refractivity contribution in [3.05, 3.63) is 34.9 Å². The first-order valence-corrected chi connectivity index (χ1v) is 6.73. The molecule has 0 bridgehead atoms. The summed E-state index contributed by atoms with van der Waals surface area (Å²) in [5.74, 6) is -1.22. The third kappa shape index (κ3) is 3.72. The standard InChI is InChI=1S/C15H20F3N/c1-10-6-11(2)8-12(7-10)9-14-13(15(16,17)18)4-3-5-19-14/h6-8,13-14,19H,3-5,9H2,1-2H3. The Balaban J connectivity index is 2.15. The number of alkyl halides is 3. The molecular weight excluding hydrogens is 251 g/mol. The summed E-state index contributed by atoms with van der Waals surface area (Å²) in [4.78, 5) is 0. The van der Waals surface area contributed by atoms with Gasteiger partial charge in [0.2, 0.25) is 0 Å². The van der Waals surface area contributed by atoms with E-state index in [0.29, 0.717) is 19.4 Å². The molecule has 1 aromatic rings. The van der Waals surface area contributed by atoms with Crippen molar-refractivity contribution in [2.45, 2.75) is 45.3 Å². The first kappa shape index (κ1) is 14.4. The fourth-order valence-corrected chi connectivity index (χ4v) is 3.00. The monoisotopic (exact) mass is 271 g/mol. The molecule has 1 aromatic carbocycles. The van der Waals surface area contributed by atoms with E-state index in [1.54, 1.807) is 0 Å². The highest BCUT2D eigenvalue weighted by molar-refractivity contribution is 5.29. The van der Waals surface area contributed by atoms with Crippen LogP contribution in [0.4, 0.5) is 13.2 Å². The predicted octanol–water partition coefficient (Wildman–Crippen LogP) is 3.78. The zero-order chi connectivity index (χ0) is 14.0. The van der Waals surface area contributed by atoms with Gasteiger partial charge in [-0.2, -0.15) is 13.2 Å². The minimum absolute atomic E-state index is 0.242. The highest BCUT2D eigenvalue weighted by atomic mass is 19.4. The van der Waals surface area contributed by atoms with E-state index in [1.807, 2.05) is 32.0 Å². The Labute approximate surface area is 112 Å². The van der Waals surface area contributed by atoms with Gasteiger partial charge in [0.25, 0.3) is 0 Å². The van der Waals surface area contributed by atoms with E-state index in [1.165, 1.54) is 0 Å². The maximum Gasteiger partial charge on any atom is 0.393 e. The van der Waals surface area contributed by atoms with E-state index in [-0.39, 0.29) is 6.42 Å². The van der Waals surface area contributed by atoms with Gasteiger partial charge >= 0.3 is 6.18 Å². The van der Waals surface area contributed by atoms with Gasteiger partial charge in [0.1, 0.15) is 0 Å². The number of aryl methyl sites for hydroxylation is 2. The third-order valence-electron chi connectivity index (χ3n) is 3.74. The van der Waals surface area contributed by atoms with Crippen molar-refractivity contribution >= 4 is 0 Å². The molecule has 2 unspecified atom stereocenters.